The molecule has 1 aliphatic heterocycles. The van der Waals surface area contributed by atoms with E-state index in [4.69, 9.17) is 5.11 Å². The van der Waals surface area contributed by atoms with Crippen LogP contribution in [0.3, 0.4) is 0 Å². The summed E-state index contributed by atoms with van der Waals surface area (Å²) in [6, 6.07) is -0.563. The number of fused-ring (bicyclic) bond motifs is 1. The summed E-state index contributed by atoms with van der Waals surface area (Å²) in [5, 5.41) is 17.2. The van der Waals surface area contributed by atoms with Gasteiger partial charge >= 0.3 is 5.97 Å². The van der Waals surface area contributed by atoms with Crippen molar-refractivity contribution < 1.29 is 9.90 Å². The highest BCUT2D eigenvalue weighted by molar-refractivity contribution is 7.99. The van der Waals surface area contributed by atoms with Crippen LogP contribution in [0.5, 0.6) is 0 Å². The van der Waals surface area contributed by atoms with Crippen LogP contribution in [0.25, 0.3) is 0 Å². The molecule has 1 aromatic rings. The Kier molecular flexibility index (Phi) is 1.87. The molecular formula is C6H8N4O2S. The molecule has 2 rings (SSSR count). The summed E-state index contributed by atoms with van der Waals surface area (Å²) in [6.07, 6.45) is 0. The number of hydrogen-bond acceptors (Lipinski definition) is 5. The number of aryl methyl sites for hydroxylation is 1. The van der Waals surface area contributed by atoms with Gasteiger partial charge in [0.05, 0.1) is 0 Å². The van der Waals surface area contributed by atoms with Gasteiger partial charge < -0.3 is 10.5 Å². The molecule has 0 saturated heterocycles. The van der Waals surface area contributed by atoms with Gasteiger partial charge in [-0.15, -0.1) is 10.2 Å². The van der Waals surface area contributed by atoms with Gasteiger partial charge in [-0.2, -0.15) is 0 Å². The predicted octanol–water partition coefficient (Wildman–Crippen LogP) is -0.311. The highest BCUT2D eigenvalue weighted by atomic mass is 32.2. The number of thioether (sulfide) groups is 1. The van der Waals surface area contributed by atoms with Crippen LogP contribution < -0.4 is 5.43 Å². The van der Waals surface area contributed by atoms with Crippen molar-refractivity contribution in [2.75, 3.05) is 11.2 Å². The zero-order valence-electron chi connectivity index (χ0n) is 6.89. The van der Waals surface area contributed by atoms with E-state index < -0.39 is 12.0 Å². The molecule has 1 unspecified atom stereocenters. The average molecular weight is 200 g/mol. The predicted molar refractivity (Wildman–Crippen MR) is 46.3 cm³/mol. The maximum Gasteiger partial charge on any atom is 0.328 e. The maximum absolute atomic E-state index is 10.7. The fourth-order valence-electron chi connectivity index (χ4n) is 1.06. The third-order valence-electron chi connectivity index (χ3n) is 1.76. The number of carboxylic acid groups (broad SMARTS) is 1. The number of nitrogens with zero attached hydrogens (tertiary/aromatic N) is 3. The maximum atomic E-state index is 10.7. The fourth-order valence-corrected chi connectivity index (χ4v) is 2.01. The highest BCUT2D eigenvalue weighted by Gasteiger charge is 2.25. The molecule has 0 aromatic carbocycles. The molecule has 0 saturated carbocycles. The molecule has 0 bridgehead atoms. The summed E-state index contributed by atoms with van der Waals surface area (Å²) in [6.45, 7) is 1.77. The summed E-state index contributed by atoms with van der Waals surface area (Å²) >= 11 is 1.39. The van der Waals surface area contributed by atoms with Crippen LogP contribution in [0.15, 0.2) is 5.16 Å². The van der Waals surface area contributed by atoms with Crippen molar-refractivity contribution in [3.05, 3.63) is 5.82 Å². The second-order valence-corrected chi connectivity index (χ2v) is 3.68. The third kappa shape index (κ3) is 1.35. The van der Waals surface area contributed by atoms with Crippen molar-refractivity contribution in [1.29, 1.82) is 0 Å². The Morgan fingerprint density at radius 3 is 3.23 bits per heavy atom. The molecule has 0 fully saturated rings. The molecule has 0 radical (unpaired) electrons. The first-order chi connectivity index (χ1) is 6.18. The molecule has 0 amide bonds. The van der Waals surface area contributed by atoms with Crippen LogP contribution in [-0.4, -0.2) is 37.7 Å². The first-order valence-corrected chi connectivity index (χ1v) is 4.71. The molecule has 1 aliphatic rings. The molecule has 2 heterocycles. The third-order valence-corrected chi connectivity index (χ3v) is 2.78. The van der Waals surface area contributed by atoms with Crippen molar-refractivity contribution in [3.63, 3.8) is 0 Å². The molecule has 0 aliphatic carbocycles. The normalized spacial score (nSPS) is 20.5. The molecule has 7 heteroatoms. The molecule has 70 valence electrons. The Labute approximate surface area is 78.3 Å². The lowest BCUT2D eigenvalue weighted by Crippen LogP contribution is -2.40. The van der Waals surface area contributed by atoms with Crippen molar-refractivity contribution in [2.24, 2.45) is 0 Å². The van der Waals surface area contributed by atoms with Crippen LogP contribution in [-0.2, 0) is 4.79 Å². The lowest BCUT2D eigenvalue weighted by Gasteiger charge is -2.22. The van der Waals surface area contributed by atoms with Gasteiger partial charge in [0.15, 0.2) is 0 Å². The summed E-state index contributed by atoms with van der Waals surface area (Å²) < 4.78 is 1.60. The molecule has 13 heavy (non-hydrogen) atoms. The minimum atomic E-state index is -0.855. The van der Waals surface area contributed by atoms with Crippen LogP contribution >= 0.6 is 11.8 Å². The molecule has 2 N–H and O–H groups in total. The first-order valence-electron chi connectivity index (χ1n) is 3.72. The van der Waals surface area contributed by atoms with Crippen LogP contribution in [0.4, 0.5) is 0 Å². The summed E-state index contributed by atoms with van der Waals surface area (Å²) in [4.78, 5) is 10.7. The topological polar surface area (TPSA) is 80.0 Å². The van der Waals surface area contributed by atoms with Gasteiger partial charge in [-0.05, 0) is 6.92 Å². The van der Waals surface area contributed by atoms with Gasteiger partial charge in [0, 0.05) is 5.75 Å². The molecule has 6 nitrogen and oxygen atoms in total. The first kappa shape index (κ1) is 8.36. The largest absolute Gasteiger partial charge is 0.480 e. The Bertz CT molecular complexity index is 350. The zero-order valence-corrected chi connectivity index (χ0v) is 7.71. The minimum Gasteiger partial charge on any atom is -0.480 e. The average Bonchev–Trinajstić information content (AvgIpc) is 2.47. The highest BCUT2D eigenvalue weighted by Crippen LogP contribution is 2.21. The second-order valence-electron chi connectivity index (χ2n) is 2.70. The Morgan fingerprint density at radius 1 is 1.77 bits per heavy atom. The van der Waals surface area contributed by atoms with Crippen LogP contribution in [0.1, 0.15) is 5.82 Å². The van der Waals surface area contributed by atoms with Gasteiger partial charge in [-0.3, -0.25) is 0 Å². The Balaban J connectivity index is 2.27. The number of carboxylic acids is 1. The van der Waals surface area contributed by atoms with E-state index in [0.717, 1.165) is 5.16 Å². The standard InChI is InChI=1S/C6H8N4O2S/c1-3-7-8-6-10(3)9-4(2-13-6)5(11)12/h4,9H,2H2,1H3,(H,11,12). The van der Waals surface area contributed by atoms with E-state index in [1.807, 2.05) is 0 Å². The van der Waals surface area contributed by atoms with Gasteiger partial charge in [0.1, 0.15) is 11.9 Å². The van der Waals surface area contributed by atoms with Crippen molar-refractivity contribution in [3.8, 4) is 0 Å². The van der Waals surface area contributed by atoms with Crippen LogP contribution in [0.2, 0.25) is 0 Å². The minimum absolute atomic E-state index is 0.480. The molecular weight excluding hydrogens is 192 g/mol. The quantitative estimate of drug-likeness (QED) is 0.647. The SMILES string of the molecule is Cc1nnc2n1NC(C(=O)O)CS2. The van der Waals surface area contributed by atoms with Crippen LogP contribution in [0, 0.1) is 6.92 Å². The van der Waals surface area contributed by atoms with Crippen molar-refractivity contribution >= 4 is 17.7 Å². The fraction of sp³-hybridized carbons (Fsp3) is 0.500. The molecule has 1 aromatic heterocycles. The lowest BCUT2D eigenvalue weighted by molar-refractivity contribution is -0.137. The number of carbonyl (C=O) groups is 1. The van der Waals surface area contributed by atoms with Gasteiger partial charge in [-0.25, -0.2) is 9.47 Å². The number of aromatic nitrogens is 3. The number of aliphatic carboxylic acids is 1. The van der Waals surface area contributed by atoms with Crippen molar-refractivity contribution in [1.82, 2.24) is 14.9 Å². The van der Waals surface area contributed by atoms with E-state index in [1.165, 1.54) is 11.8 Å². The van der Waals surface area contributed by atoms with E-state index >= 15 is 0 Å². The Morgan fingerprint density at radius 2 is 2.54 bits per heavy atom. The number of rotatable bonds is 1. The lowest BCUT2D eigenvalue weighted by atomic mass is 10.4. The molecule has 0 spiro atoms. The zero-order chi connectivity index (χ0) is 9.42. The number of hydrogen-bond donors (Lipinski definition) is 2. The van der Waals surface area contributed by atoms with Gasteiger partial charge in [0.2, 0.25) is 5.16 Å². The van der Waals surface area contributed by atoms with E-state index in [0.29, 0.717) is 11.6 Å². The summed E-state index contributed by atoms with van der Waals surface area (Å²) in [5.41, 5.74) is 2.82. The Hall–Kier alpha value is -1.24. The summed E-state index contributed by atoms with van der Waals surface area (Å²) in [5.74, 6) is 0.299. The van der Waals surface area contributed by atoms with Crippen molar-refractivity contribution in [2.45, 2.75) is 18.1 Å². The van der Waals surface area contributed by atoms with E-state index in [2.05, 4.69) is 15.6 Å². The molecule has 1 atom stereocenters. The smallest absolute Gasteiger partial charge is 0.328 e. The number of nitrogens with one attached hydrogen (secondary N) is 1. The summed E-state index contributed by atoms with van der Waals surface area (Å²) in [7, 11) is 0. The van der Waals surface area contributed by atoms with Gasteiger partial charge in [0.25, 0.3) is 0 Å². The van der Waals surface area contributed by atoms with E-state index in [1.54, 1.807) is 11.6 Å². The van der Waals surface area contributed by atoms with Gasteiger partial charge in [-0.1, -0.05) is 11.8 Å². The second kappa shape index (κ2) is 2.91. The monoisotopic (exact) mass is 200 g/mol. The van der Waals surface area contributed by atoms with E-state index in [-0.39, 0.29) is 0 Å². The van der Waals surface area contributed by atoms with E-state index in [9.17, 15) is 4.79 Å².